The van der Waals surface area contributed by atoms with Gasteiger partial charge in [0.25, 0.3) is 0 Å². The van der Waals surface area contributed by atoms with Crippen molar-refractivity contribution < 1.29 is 14.1 Å². The summed E-state index contributed by atoms with van der Waals surface area (Å²) >= 11 is 0. The van der Waals surface area contributed by atoms with E-state index in [1.807, 2.05) is 54.3 Å². The van der Waals surface area contributed by atoms with Crippen LogP contribution in [0.3, 0.4) is 0 Å². The molecule has 1 aliphatic rings. The predicted octanol–water partition coefficient (Wildman–Crippen LogP) is 6.04. The van der Waals surface area contributed by atoms with Crippen LogP contribution in [0.25, 0.3) is 11.3 Å². The van der Waals surface area contributed by atoms with Crippen molar-refractivity contribution in [2.75, 3.05) is 51.3 Å². The lowest BCUT2D eigenvalue weighted by Gasteiger charge is -2.31. The van der Waals surface area contributed by atoms with Gasteiger partial charge in [-0.25, -0.2) is 4.79 Å². The van der Waals surface area contributed by atoms with E-state index in [1.165, 1.54) is 11.1 Å². The first kappa shape index (κ1) is 26.7. The van der Waals surface area contributed by atoms with E-state index in [2.05, 4.69) is 63.9 Å². The summed E-state index contributed by atoms with van der Waals surface area (Å²) in [7, 11) is 0. The largest absolute Gasteiger partial charge is 0.379 e. The van der Waals surface area contributed by atoms with Crippen molar-refractivity contribution in [2.45, 2.75) is 19.3 Å². The number of nitrogens with one attached hydrogen (secondary N) is 1. The highest BCUT2D eigenvalue weighted by Gasteiger charge is 2.21. The molecule has 3 aromatic carbocycles. The number of aromatic nitrogens is 1. The molecule has 0 aliphatic carbocycles. The van der Waals surface area contributed by atoms with Gasteiger partial charge >= 0.3 is 6.03 Å². The second kappa shape index (κ2) is 13.2. The summed E-state index contributed by atoms with van der Waals surface area (Å²) < 4.78 is 10.9. The summed E-state index contributed by atoms with van der Waals surface area (Å²) in [5, 5.41) is 7.12. The number of hydrogen-bond acceptors (Lipinski definition) is 5. The Kier molecular flexibility index (Phi) is 9.04. The van der Waals surface area contributed by atoms with Crippen LogP contribution in [-0.4, -0.2) is 66.9 Å². The lowest BCUT2D eigenvalue weighted by molar-refractivity contribution is 0.0351. The predicted molar refractivity (Wildman–Crippen MR) is 154 cm³/mol. The first-order valence-electron chi connectivity index (χ1n) is 13.7. The van der Waals surface area contributed by atoms with E-state index >= 15 is 0 Å². The molecule has 1 N–H and O–H groups in total. The summed E-state index contributed by atoms with van der Waals surface area (Å²) in [5.41, 5.74) is 4.94. The van der Waals surface area contributed by atoms with Crippen molar-refractivity contribution in [3.8, 4) is 11.3 Å². The van der Waals surface area contributed by atoms with E-state index in [0.29, 0.717) is 18.8 Å². The van der Waals surface area contributed by atoms with E-state index in [9.17, 15) is 4.79 Å². The molecule has 4 aromatic rings. The number of nitrogens with zero attached hydrogens (tertiary/aromatic N) is 3. The Morgan fingerprint density at radius 3 is 2.26 bits per heavy atom. The average molecular weight is 525 g/mol. The molecule has 202 valence electrons. The van der Waals surface area contributed by atoms with Gasteiger partial charge in [-0.3, -0.25) is 4.90 Å². The molecule has 0 saturated carbocycles. The fraction of sp³-hybridized carbons (Fsp3) is 0.312. The molecule has 1 aliphatic heterocycles. The standard InChI is InChI=1S/C32H36N4O3/c1-25-23-31(39-34-25)28-13-8-14-29(24-28)33-32(37)36(18-17-35-19-21-38-22-20-35)16-15-30(26-9-4-2-5-10-26)27-11-6-3-7-12-27/h2-14,23-24,30H,15-22H2,1H3,(H,33,37). The quantitative estimate of drug-likeness (QED) is 0.274. The van der Waals surface area contributed by atoms with Crippen LogP contribution < -0.4 is 5.32 Å². The SMILES string of the molecule is Cc1cc(-c2cccc(NC(=O)N(CCC(c3ccccc3)c3ccccc3)CCN3CCOCC3)c2)on1. The second-order valence-corrected chi connectivity index (χ2v) is 9.95. The van der Waals surface area contributed by atoms with Crippen molar-refractivity contribution in [3.63, 3.8) is 0 Å². The minimum Gasteiger partial charge on any atom is -0.379 e. The van der Waals surface area contributed by atoms with Gasteiger partial charge in [-0.2, -0.15) is 0 Å². The minimum atomic E-state index is -0.103. The molecule has 39 heavy (non-hydrogen) atoms. The summed E-state index contributed by atoms with van der Waals surface area (Å²) in [5.74, 6) is 0.880. The Morgan fingerprint density at radius 1 is 0.923 bits per heavy atom. The fourth-order valence-corrected chi connectivity index (χ4v) is 5.04. The molecule has 0 unspecified atom stereocenters. The van der Waals surface area contributed by atoms with Crippen molar-refractivity contribution in [1.29, 1.82) is 0 Å². The molecule has 1 fully saturated rings. The van der Waals surface area contributed by atoms with Crippen LogP contribution in [-0.2, 0) is 4.74 Å². The van der Waals surface area contributed by atoms with Gasteiger partial charge in [0.1, 0.15) is 0 Å². The normalized spacial score (nSPS) is 13.9. The van der Waals surface area contributed by atoms with Gasteiger partial charge in [-0.05, 0) is 36.6 Å². The van der Waals surface area contributed by atoms with Gasteiger partial charge in [-0.15, -0.1) is 0 Å². The highest BCUT2D eigenvalue weighted by atomic mass is 16.5. The number of ether oxygens (including phenoxy) is 1. The van der Waals surface area contributed by atoms with E-state index < -0.39 is 0 Å². The van der Waals surface area contributed by atoms with Crippen molar-refractivity contribution >= 4 is 11.7 Å². The fourth-order valence-electron chi connectivity index (χ4n) is 5.04. The minimum absolute atomic E-state index is 0.103. The third-order valence-corrected chi connectivity index (χ3v) is 7.19. The van der Waals surface area contributed by atoms with Crippen LogP contribution >= 0.6 is 0 Å². The molecule has 5 rings (SSSR count). The van der Waals surface area contributed by atoms with Crippen LogP contribution in [0.5, 0.6) is 0 Å². The number of morpholine rings is 1. The Hall–Kier alpha value is -3.94. The molecule has 1 saturated heterocycles. The summed E-state index contributed by atoms with van der Waals surface area (Å²) in [6.45, 7) is 7.25. The summed E-state index contributed by atoms with van der Waals surface area (Å²) in [4.78, 5) is 18.0. The second-order valence-electron chi connectivity index (χ2n) is 9.95. The average Bonchev–Trinajstić information content (AvgIpc) is 3.43. The maximum Gasteiger partial charge on any atom is 0.321 e. The first-order valence-corrected chi connectivity index (χ1v) is 13.7. The topological polar surface area (TPSA) is 70.8 Å². The molecule has 0 spiro atoms. The highest BCUT2D eigenvalue weighted by molar-refractivity contribution is 5.90. The number of urea groups is 1. The molecular formula is C32H36N4O3. The van der Waals surface area contributed by atoms with Gasteiger partial charge in [-0.1, -0.05) is 78.0 Å². The number of rotatable bonds is 10. The van der Waals surface area contributed by atoms with Gasteiger partial charge in [0.2, 0.25) is 0 Å². The monoisotopic (exact) mass is 524 g/mol. The molecule has 1 aromatic heterocycles. The van der Waals surface area contributed by atoms with Crippen molar-refractivity contribution in [2.24, 2.45) is 0 Å². The number of benzene rings is 3. The molecule has 0 atom stereocenters. The molecule has 2 amide bonds. The molecule has 0 radical (unpaired) electrons. The van der Waals surface area contributed by atoms with Gasteiger partial charge in [0, 0.05) is 56.0 Å². The first-order chi connectivity index (χ1) is 19.2. The lowest BCUT2D eigenvalue weighted by atomic mass is 9.88. The van der Waals surface area contributed by atoms with Crippen LogP contribution in [0.2, 0.25) is 0 Å². The molecular weight excluding hydrogens is 488 g/mol. The summed E-state index contributed by atoms with van der Waals surface area (Å²) in [6, 6.07) is 30.6. The molecule has 2 heterocycles. The lowest BCUT2D eigenvalue weighted by Crippen LogP contribution is -2.44. The van der Waals surface area contributed by atoms with Gasteiger partial charge in [0.15, 0.2) is 5.76 Å². The Balaban J connectivity index is 1.32. The zero-order valence-electron chi connectivity index (χ0n) is 22.5. The molecule has 0 bridgehead atoms. The van der Waals surface area contributed by atoms with E-state index in [-0.39, 0.29) is 11.9 Å². The zero-order valence-corrected chi connectivity index (χ0v) is 22.5. The smallest absolute Gasteiger partial charge is 0.321 e. The third kappa shape index (κ3) is 7.34. The maximum atomic E-state index is 13.7. The van der Waals surface area contributed by atoms with E-state index in [1.54, 1.807) is 0 Å². The Labute approximate surface area is 230 Å². The van der Waals surface area contributed by atoms with E-state index in [4.69, 9.17) is 9.26 Å². The van der Waals surface area contributed by atoms with E-state index in [0.717, 1.165) is 56.2 Å². The maximum absolute atomic E-state index is 13.7. The number of carbonyl (C=O) groups excluding carboxylic acids is 1. The molecule has 7 heteroatoms. The number of anilines is 1. The third-order valence-electron chi connectivity index (χ3n) is 7.19. The van der Waals surface area contributed by atoms with Crippen LogP contribution in [0.1, 0.15) is 29.2 Å². The number of aryl methyl sites for hydroxylation is 1. The Morgan fingerprint density at radius 2 is 1.62 bits per heavy atom. The number of amides is 2. The van der Waals surface area contributed by atoms with Crippen molar-refractivity contribution in [1.82, 2.24) is 15.0 Å². The number of carbonyl (C=O) groups is 1. The zero-order chi connectivity index (χ0) is 26.9. The van der Waals surface area contributed by atoms with Crippen LogP contribution in [0.4, 0.5) is 10.5 Å². The van der Waals surface area contributed by atoms with Crippen LogP contribution in [0.15, 0.2) is 95.5 Å². The molecule has 7 nitrogen and oxygen atoms in total. The summed E-state index contributed by atoms with van der Waals surface area (Å²) in [6.07, 6.45) is 0.821. The van der Waals surface area contributed by atoms with Gasteiger partial charge in [0.05, 0.1) is 18.9 Å². The Bertz CT molecular complexity index is 1280. The number of hydrogen-bond donors (Lipinski definition) is 1. The van der Waals surface area contributed by atoms with Gasteiger partial charge < -0.3 is 19.5 Å². The van der Waals surface area contributed by atoms with Crippen molar-refractivity contribution in [3.05, 3.63) is 108 Å². The van der Waals surface area contributed by atoms with Crippen LogP contribution in [0, 0.1) is 6.92 Å². The highest BCUT2D eigenvalue weighted by Crippen LogP contribution is 2.28.